The molecule has 4 nitrogen and oxygen atoms in total. The summed E-state index contributed by atoms with van der Waals surface area (Å²) < 4.78 is 5.46. The molecule has 0 radical (unpaired) electrons. The van der Waals surface area contributed by atoms with Crippen LogP contribution in [0.1, 0.15) is 13.8 Å². The minimum absolute atomic E-state index is 0.0138. The lowest BCUT2D eigenvalue weighted by molar-refractivity contribution is -0.118. The molecule has 1 saturated carbocycles. The molecule has 0 bridgehead atoms. The zero-order chi connectivity index (χ0) is 12.4. The van der Waals surface area contributed by atoms with Gasteiger partial charge in [-0.15, -0.1) is 0 Å². The Balaban J connectivity index is 1.92. The summed E-state index contributed by atoms with van der Waals surface area (Å²) in [4.78, 5) is 15.8. The number of pyridine rings is 1. The Labute approximate surface area is 105 Å². The highest BCUT2D eigenvalue weighted by atomic mass is 35.5. The van der Waals surface area contributed by atoms with Gasteiger partial charge in [-0.3, -0.25) is 4.79 Å². The van der Waals surface area contributed by atoms with Crippen molar-refractivity contribution in [1.82, 2.24) is 4.98 Å². The van der Waals surface area contributed by atoms with E-state index < -0.39 is 0 Å². The predicted molar refractivity (Wildman–Crippen MR) is 65.9 cm³/mol. The van der Waals surface area contributed by atoms with Crippen molar-refractivity contribution in [3.63, 3.8) is 0 Å². The summed E-state index contributed by atoms with van der Waals surface area (Å²) in [6.07, 6.45) is 1.60. The van der Waals surface area contributed by atoms with Crippen molar-refractivity contribution < 1.29 is 9.53 Å². The van der Waals surface area contributed by atoms with Crippen molar-refractivity contribution in [2.24, 2.45) is 11.8 Å². The van der Waals surface area contributed by atoms with Crippen LogP contribution in [0, 0.1) is 11.8 Å². The van der Waals surface area contributed by atoms with E-state index in [4.69, 9.17) is 16.3 Å². The van der Waals surface area contributed by atoms with E-state index in [2.05, 4.69) is 10.3 Å². The van der Waals surface area contributed by atoms with Gasteiger partial charge >= 0.3 is 0 Å². The number of hydrogen-bond acceptors (Lipinski definition) is 3. The number of carbonyl (C=O) groups is 1. The molecule has 1 amide bonds. The zero-order valence-corrected chi connectivity index (χ0v) is 10.6. The first-order chi connectivity index (χ1) is 8.13. The summed E-state index contributed by atoms with van der Waals surface area (Å²) in [5, 5.41) is 3.22. The fraction of sp³-hybridized carbons (Fsp3) is 0.500. The Bertz CT molecular complexity index is 407. The van der Waals surface area contributed by atoms with Gasteiger partial charge in [-0.25, -0.2) is 4.98 Å². The van der Waals surface area contributed by atoms with E-state index in [-0.39, 0.29) is 23.8 Å². The molecule has 0 aromatic carbocycles. The van der Waals surface area contributed by atoms with Gasteiger partial charge in [-0.05, 0) is 25.0 Å². The van der Waals surface area contributed by atoms with Crippen LogP contribution in [0.4, 0.5) is 5.69 Å². The minimum atomic E-state index is -0.0503. The van der Waals surface area contributed by atoms with Crippen molar-refractivity contribution in [3.8, 4) is 0 Å². The van der Waals surface area contributed by atoms with Gasteiger partial charge in [0.25, 0.3) is 0 Å². The van der Waals surface area contributed by atoms with Gasteiger partial charge < -0.3 is 10.1 Å². The van der Waals surface area contributed by atoms with E-state index in [1.807, 2.05) is 13.8 Å². The van der Waals surface area contributed by atoms with E-state index in [9.17, 15) is 4.79 Å². The van der Waals surface area contributed by atoms with Gasteiger partial charge in [-0.2, -0.15) is 0 Å². The number of nitrogens with one attached hydrogen (secondary N) is 1. The lowest BCUT2D eigenvalue weighted by atomic mass is 10.3. The Morgan fingerprint density at radius 3 is 2.94 bits per heavy atom. The number of hydrogen-bond donors (Lipinski definition) is 1. The molecule has 3 atom stereocenters. The predicted octanol–water partition coefficient (Wildman–Crippen LogP) is 2.34. The van der Waals surface area contributed by atoms with Crippen molar-refractivity contribution >= 4 is 23.2 Å². The average molecular weight is 255 g/mol. The van der Waals surface area contributed by atoms with Crippen LogP contribution >= 0.6 is 11.6 Å². The second kappa shape index (κ2) is 5.02. The van der Waals surface area contributed by atoms with Crippen LogP contribution in [0.25, 0.3) is 0 Å². The number of anilines is 1. The van der Waals surface area contributed by atoms with Crippen LogP contribution in [0.2, 0.25) is 5.15 Å². The molecule has 1 fully saturated rings. The molecule has 92 valence electrons. The summed E-state index contributed by atoms with van der Waals surface area (Å²) in [6, 6.07) is 3.38. The molecule has 1 N–H and O–H groups in total. The molecular weight excluding hydrogens is 240 g/mol. The molecule has 1 aliphatic rings. The molecular formula is C12H15ClN2O2. The van der Waals surface area contributed by atoms with Gasteiger partial charge in [0.2, 0.25) is 5.91 Å². The summed E-state index contributed by atoms with van der Waals surface area (Å²) in [5.74, 6) is 0.223. The van der Waals surface area contributed by atoms with Gasteiger partial charge in [0, 0.05) is 6.61 Å². The lowest BCUT2D eigenvalue weighted by Gasteiger charge is -2.04. The monoisotopic (exact) mass is 254 g/mol. The third-order valence-corrected chi connectivity index (χ3v) is 3.18. The average Bonchev–Trinajstić information content (AvgIpc) is 2.93. The Hall–Kier alpha value is -1.13. The quantitative estimate of drug-likeness (QED) is 0.839. The van der Waals surface area contributed by atoms with Crippen molar-refractivity contribution in [2.75, 3.05) is 11.9 Å². The van der Waals surface area contributed by atoms with Crippen molar-refractivity contribution in [1.29, 1.82) is 0 Å². The number of rotatable bonds is 4. The molecule has 2 rings (SSSR count). The van der Waals surface area contributed by atoms with E-state index in [1.165, 1.54) is 0 Å². The molecule has 1 aliphatic carbocycles. The largest absolute Gasteiger partial charge is 0.377 e. The Morgan fingerprint density at radius 1 is 1.59 bits per heavy atom. The highest BCUT2D eigenvalue weighted by Gasteiger charge is 2.52. The highest BCUT2D eigenvalue weighted by Crippen LogP contribution is 2.42. The van der Waals surface area contributed by atoms with Crippen molar-refractivity contribution in [2.45, 2.75) is 20.0 Å². The van der Waals surface area contributed by atoms with E-state index in [0.29, 0.717) is 17.4 Å². The third-order valence-electron chi connectivity index (χ3n) is 2.95. The number of halogens is 1. The van der Waals surface area contributed by atoms with Gasteiger partial charge in [-0.1, -0.05) is 18.5 Å². The highest BCUT2D eigenvalue weighted by molar-refractivity contribution is 6.29. The molecule has 5 heteroatoms. The standard InChI is InChI=1S/C12H15ClN2O2/c1-3-17-11-7(2)10(11)12(16)15-8-4-5-9(13)14-6-8/h4-7,10-11H,3H2,1-2H3,(H,15,16). The van der Waals surface area contributed by atoms with Crippen molar-refractivity contribution in [3.05, 3.63) is 23.5 Å². The number of aromatic nitrogens is 1. The van der Waals surface area contributed by atoms with Crippen LogP contribution in [-0.2, 0) is 9.53 Å². The maximum absolute atomic E-state index is 11.9. The van der Waals surface area contributed by atoms with Crippen LogP contribution < -0.4 is 5.32 Å². The first-order valence-corrected chi connectivity index (χ1v) is 6.05. The summed E-state index contributed by atoms with van der Waals surface area (Å²) in [5.41, 5.74) is 0.661. The molecule has 0 saturated heterocycles. The zero-order valence-electron chi connectivity index (χ0n) is 9.81. The van der Waals surface area contributed by atoms with E-state index in [0.717, 1.165) is 0 Å². The molecule has 1 aromatic heterocycles. The van der Waals surface area contributed by atoms with Gasteiger partial charge in [0.05, 0.1) is 23.9 Å². The first kappa shape index (κ1) is 12.3. The van der Waals surface area contributed by atoms with Crippen LogP contribution in [0.15, 0.2) is 18.3 Å². The molecule has 17 heavy (non-hydrogen) atoms. The van der Waals surface area contributed by atoms with E-state index in [1.54, 1.807) is 18.3 Å². The van der Waals surface area contributed by atoms with Crippen LogP contribution in [-0.4, -0.2) is 23.6 Å². The second-order valence-corrected chi connectivity index (χ2v) is 4.55. The minimum Gasteiger partial charge on any atom is -0.377 e. The molecule has 3 unspecified atom stereocenters. The maximum Gasteiger partial charge on any atom is 0.230 e. The SMILES string of the molecule is CCOC1C(C)C1C(=O)Nc1ccc(Cl)nc1. The Morgan fingerprint density at radius 2 is 2.35 bits per heavy atom. The normalized spacial score (nSPS) is 26.6. The molecule has 1 heterocycles. The molecule has 0 aliphatic heterocycles. The third kappa shape index (κ3) is 2.76. The smallest absolute Gasteiger partial charge is 0.230 e. The number of amides is 1. The van der Waals surface area contributed by atoms with Crippen LogP contribution in [0.3, 0.4) is 0 Å². The lowest BCUT2D eigenvalue weighted by Crippen LogP contribution is -2.17. The second-order valence-electron chi connectivity index (χ2n) is 4.16. The number of nitrogens with zero attached hydrogens (tertiary/aromatic N) is 1. The maximum atomic E-state index is 11.9. The number of carbonyl (C=O) groups excluding carboxylic acids is 1. The fourth-order valence-corrected chi connectivity index (χ4v) is 2.05. The number of ether oxygens (including phenoxy) is 1. The molecule has 0 spiro atoms. The fourth-order valence-electron chi connectivity index (χ4n) is 1.94. The van der Waals surface area contributed by atoms with Crippen LogP contribution in [0.5, 0.6) is 0 Å². The summed E-state index contributed by atoms with van der Waals surface area (Å²) >= 11 is 5.67. The van der Waals surface area contributed by atoms with Gasteiger partial charge in [0.1, 0.15) is 5.15 Å². The first-order valence-electron chi connectivity index (χ1n) is 5.67. The molecule has 1 aromatic rings. The summed E-state index contributed by atoms with van der Waals surface area (Å²) in [7, 11) is 0. The topological polar surface area (TPSA) is 51.2 Å². The van der Waals surface area contributed by atoms with E-state index >= 15 is 0 Å². The Kier molecular flexibility index (Phi) is 3.64. The summed E-state index contributed by atoms with van der Waals surface area (Å²) in [6.45, 7) is 4.59. The van der Waals surface area contributed by atoms with Gasteiger partial charge in [0.15, 0.2) is 0 Å².